The Balaban J connectivity index is 2.52. The molecule has 0 spiro atoms. The molecule has 1 aromatic rings. The van der Waals surface area contributed by atoms with Crippen LogP contribution in [0.4, 0.5) is 9.18 Å². The molecule has 1 amide bonds. The maximum Gasteiger partial charge on any atom is 0.407 e. The predicted octanol–water partition coefficient (Wildman–Crippen LogP) is 4.53. The first-order chi connectivity index (χ1) is 9.58. The molecule has 0 saturated heterocycles. The summed E-state index contributed by atoms with van der Waals surface area (Å²) in [5.41, 5.74) is -0.572. The van der Waals surface area contributed by atoms with Crippen LogP contribution in [0.5, 0.6) is 5.75 Å². The molecule has 0 aliphatic carbocycles. The van der Waals surface area contributed by atoms with E-state index in [-0.39, 0.29) is 23.4 Å². The lowest BCUT2D eigenvalue weighted by atomic mass is 10.2. The molecule has 0 saturated carbocycles. The minimum atomic E-state index is -0.572. The molecule has 0 aliphatic heterocycles. The molecular formula is C14H18BrClFNO3. The minimum absolute atomic E-state index is 0.0594. The molecule has 0 aromatic heterocycles. The maximum atomic E-state index is 13.6. The Morgan fingerprint density at radius 1 is 1.48 bits per heavy atom. The van der Waals surface area contributed by atoms with Gasteiger partial charge in [-0.3, -0.25) is 0 Å². The molecule has 7 heteroatoms. The van der Waals surface area contributed by atoms with Crippen molar-refractivity contribution in [2.45, 2.75) is 39.3 Å². The van der Waals surface area contributed by atoms with Gasteiger partial charge in [-0.2, -0.15) is 0 Å². The summed E-state index contributed by atoms with van der Waals surface area (Å²) in [6.07, 6.45) is -0.545. The molecule has 4 nitrogen and oxygen atoms in total. The Kier molecular flexibility index (Phi) is 6.28. The van der Waals surface area contributed by atoms with E-state index >= 15 is 0 Å². The van der Waals surface area contributed by atoms with Crippen molar-refractivity contribution >= 4 is 33.6 Å². The first kappa shape index (κ1) is 18.0. The lowest BCUT2D eigenvalue weighted by Gasteiger charge is -2.22. The number of halogens is 3. The van der Waals surface area contributed by atoms with Gasteiger partial charge in [0.2, 0.25) is 0 Å². The molecule has 1 aromatic carbocycles. The predicted molar refractivity (Wildman–Crippen MR) is 83.4 cm³/mol. The van der Waals surface area contributed by atoms with Gasteiger partial charge < -0.3 is 14.8 Å². The molecule has 0 bridgehead atoms. The number of carbonyl (C=O) groups excluding carboxylic acids is 1. The summed E-state index contributed by atoms with van der Waals surface area (Å²) >= 11 is 8.96. The average Bonchev–Trinajstić information content (AvgIpc) is 2.29. The molecule has 1 atom stereocenters. The number of alkyl carbamates (subject to hydrolysis) is 1. The molecular weight excluding hydrogens is 365 g/mol. The molecule has 21 heavy (non-hydrogen) atoms. The van der Waals surface area contributed by atoms with E-state index in [0.717, 1.165) is 6.07 Å². The van der Waals surface area contributed by atoms with E-state index in [4.69, 9.17) is 21.1 Å². The van der Waals surface area contributed by atoms with Crippen molar-refractivity contribution < 1.29 is 18.7 Å². The second kappa shape index (κ2) is 7.31. The summed E-state index contributed by atoms with van der Waals surface area (Å²) in [7, 11) is 0. The normalized spacial score (nSPS) is 12.7. The van der Waals surface area contributed by atoms with Crippen LogP contribution in [-0.4, -0.2) is 24.3 Å². The number of carbonyl (C=O) groups is 1. The van der Waals surface area contributed by atoms with Crippen LogP contribution in [0.3, 0.4) is 0 Å². The van der Waals surface area contributed by atoms with Gasteiger partial charge in [-0.25, -0.2) is 9.18 Å². The topological polar surface area (TPSA) is 47.6 Å². The number of amides is 1. The van der Waals surface area contributed by atoms with E-state index in [9.17, 15) is 9.18 Å². The molecule has 0 aliphatic rings. The van der Waals surface area contributed by atoms with Gasteiger partial charge in [-0.05, 0) is 55.8 Å². The largest absolute Gasteiger partial charge is 0.488 e. The fourth-order valence-corrected chi connectivity index (χ4v) is 1.85. The summed E-state index contributed by atoms with van der Waals surface area (Å²) in [6.45, 7) is 7.15. The van der Waals surface area contributed by atoms with Crippen LogP contribution in [0.1, 0.15) is 27.7 Å². The van der Waals surface area contributed by atoms with Crippen LogP contribution in [0.25, 0.3) is 0 Å². The third-order valence-corrected chi connectivity index (χ3v) is 3.42. The average molecular weight is 383 g/mol. The zero-order valence-electron chi connectivity index (χ0n) is 12.3. The molecule has 118 valence electrons. The monoisotopic (exact) mass is 381 g/mol. The van der Waals surface area contributed by atoms with E-state index in [2.05, 4.69) is 21.2 Å². The van der Waals surface area contributed by atoms with Crippen LogP contribution in [0, 0.1) is 5.82 Å². The van der Waals surface area contributed by atoms with Crippen molar-refractivity contribution in [3.8, 4) is 5.75 Å². The number of hydrogen-bond acceptors (Lipinski definition) is 3. The summed E-state index contributed by atoms with van der Waals surface area (Å²) < 4.78 is 24.6. The Morgan fingerprint density at radius 3 is 2.67 bits per heavy atom. The first-order valence-corrected chi connectivity index (χ1v) is 7.52. The molecule has 1 rings (SSSR count). The van der Waals surface area contributed by atoms with Gasteiger partial charge in [0.05, 0.1) is 11.1 Å². The number of benzene rings is 1. The summed E-state index contributed by atoms with van der Waals surface area (Å²) in [4.78, 5) is 11.6. The van der Waals surface area contributed by atoms with Crippen LogP contribution in [-0.2, 0) is 4.74 Å². The lowest BCUT2D eigenvalue weighted by Crippen LogP contribution is -2.40. The van der Waals surface area contributed by atoms with Crippen molar-refractivity contribution in [1.29, 1.82) is 0 Å². The highest BCUT2D eigenvalue weighted by Gasteiger charge is 2.18. The van der Waals surface area contributed by atoms with Gasteiger partial charge in [0.25, 0.3) is 0 Å². The number of nitrogens with one attached hydrogen (secondary N) is 1. The van der Waals surface area contributed by atoms with Crippen LogP contribution in [0.2, 0.25) is 5.02 Å². The second-order valence-electron chi connectivity index (χ2n) is 5.56. The van der Waals surface area contributed by atoms with Gasteiger partial charge in [0.1, 0.15) is 12.2 Å². The quantitative estimate of drug-likeness (QED) is 0.778. The van der Waals surface area contributed by atoms with Crippen molar-refractivity contribution in [1.82, 2.24) is 5.32 Å². The Hall–Kier alpha value is -1.01. The van der Waals surface area contributed by atoms with Gasteiger partial charge in [0, 0.05) is 4.47 Å². The minimum Gasteiger partial charge on any atom is -0.488 e. The molecule has 0 unspecified atom stereocenters. The van der Waals surface area contributed by atoms with Gasteiger partial charge in [-0.15, -0.1) is 0 Å². The summed E-state index contributed by atoms with van der Waals surface area (Å²) in [5.74, 6) is -0.503. The summed E-state index contributed by atoms with van der Waals surface area (Å²) in [5, 5.41) is 2.87. The van der Waals surface area contributed by atoms with E-state index in [1.165, 1.54) is 6.07 Å². The van der Waals surface area contributed by atoms with E-state index < -0.39 is 17.5 Å². The van der Waals surface area contributed by atoms with Crippen molar-refractivity contribution in [3.05, 3.63) is 27.4 Å². The number of hydrogen-bond donors (Lipinski definition) is 1. The van der Waals surface area contributed by atoms with E-state index in [0.29, 0.717) is 4.47 Å². The molecule has 0 fully saturated rings. The van der Waals surface area contributed by atoms with Crippen molar-refractivity contribution in [2.75, 3.05) is 6.61 Å². The fourth-order valence-electron chi connectivity index (χ4n) is 1.38. The Labute approximate surface area is 137 Å². The smallest absolute Gasteiger partial charge is 0.407 e. The van der Waals surface area contributed by atoms with E-state index in [1.807, 2.05) is 0 Å². The fraction of sp³-hybridized carbons (Fsp3) is 0.500. The van der Waals surface area contributed by atoms with Crippen LogP contribution < -0.4 is 10.1 Å². The highest BCUT2D eigenvalue weighted by atomic mass is 79.9. The zero-order valence-corrected chi connectivity index (χ0v) is 14.6. The number of rotatable bonds is 4. The highest BCUT2D eigenvalue weighted by molar-refractivity contribution is 9.10. The number of ether oxygens (including phenoxy) is 2. The molecule has 0 radical (unpaired) electrons. The van der Waals surface area contributed by atoms with Gasteiger partial charge >= 0.3 is 6.09 Å². The standard InChI is InChI=1S/C14H18BrClFNO3/c1-8(18-13(19)21-14(2,3)4)7-20-12-5-9(15)10(16)6-11(12)17/h5-6,8H,7H2,1-4H3,(H,18,19)/t8-/m0/s1. The lowest BCUT2D eigenvalue weighted by molar-refractivity contribution is 0.0493. The van der Waals surface area contributed by atoms with Crippen LogP contribution >= 0.6 is 27.5 Å². The van der Waals surface area contributed by atoms with Gasteiger partial charge in [-0.1, -0.05) is 11.6 Å². The van der Waals surface area contributed by atoms with Crippen molar-refractivity contribution in [2.24, 2.45) is 0 Å². The third-order valence-electron chi connectivity index (χ3n) is 2.23. The second-order valence-corrected chi connectivity index (χ2v) is 6.82. The summed E-state index contributed by atoms with van der Waals surface area (Å²) in [6, 6.07) is 2.26. The maximum absolute atomic E-state index is 13.6. The molecule has 1 N–H and O–H groups in total. The molecule has 0 heterocycles. The van der Waals surface area contributed by atoms with Crippen LogP contribution in [0.15, 0.2) is 16.6 Å². The Bertz CT molecular complexity index is 520. The first-order valence-electron chi connectivity index (χ1n) is 6.35. The Morgan fingerprint density at radius 2 is 2.10 bits per heavy atom. The highest BCUT2D eigenvalue weighted by Crippen LogP contribution is 2.29. The zero-order chi connectivity index (χ0) is 16.2. The third kappa shape index (κ3) is 6.52. The van der Waals surface area contributed by atoms with Crippen molar-refractivity contribution in [3.63, 3.8) is 0 Å². The van der Waals surface area contributed by atoms with Gasteiger partial charge in [0.15, 0.2) is 11.6 Å². The SMILES string of the molecule is C[C@@H](COc1cc(Br)c(Cl)cc1F)NC(=O)OC(C)(C)C. The van der Waals surface area contributed by atoms with E-state index in [1.54, 1.807) is 27.7 Å².